The molecule has 2 aromatic carbocycles. The Morgan fingerprint density at radius 1 is 1.06 bits per heavy atom. The Morgan fingerprint density at radius 3 is 2.38 bits per heavy atom. The lowest BCUT2D eigenvalue weighted by Gasteiger charge is -2.31. The number of nitrogens with one attached hydrogen (secondary N) is 1. The molecule has 2 heterocycles. The van der Waals surface area contributed by atoms with Crippen LogP contribution in [-0.2, 0) is 4.79 Å². The van der Waals surface area contributed by atoms with Gasteiger partial charge in [0.15, 0.2) is 11.6 Å². The molecule has 0 radical (unpaired) electrons. The standard InChI is InChI=1S/C25H25FN2O4/c1-16-15-21(17(2)31-16)25(30)28-13-11-18(12-14-28)24(29)27-19-7-9-20(10-8-19)32-23-6-4-3-5-22(23)26/h3-10,15,18H,11-14H2,1-2H3,(H,27,29). The highest BCUT2D eigenvalue weighted by atomic mass is 19.1. The molecule has 0 atom stereocenters. The smallest absolute Gasteiger partial charge is 0.257 e. The summed E-state index contributed by atoms with van der Waals surface area (Å²) in [7, 11) is 0. The van der Waals surface area contributed by atoms with E-state index in [4.69, 9.17) is 9.15 Å². The molecule has 32 heavy (non-hydrogen) atoms. The number of hydrogen-bond donors (Lipinski definition) is 1. The maximum absolute atomic E-state index is 13.7. The lowest BCUT2D eigenvalue weighted by Crippen LogP contribution is -2.41. The number of carbonyl (C=O) groups excluding carboxylic acids is 2. The summed E-state index contributed by atoms with van der Waals surface area (Å²) in [4.78, 5) is 27.2. The van der Waals surface area contributed by atoms with Crippen LogP contribution in [0.25, 0.3) is 0 Å². The Kier molecular flexibility index (Phi) is 6.25. The molecule has 0 unspecified atom stereocenters. The molecule has 1 aliphatic heterocycles. The van der Waals surface area contributed by atoms with Crippen molar-refractivity contribution < 1.29 is 23.1 Å². The molecule has 1 N–H and O–H groups in total. The largest absolute Gasteiger partial charge is 0.466 e. The molecule has 3 aromatic rings. The van der Waals surface area contributed by atoms with E-state index in [2.05, 4.69) is 5.32 Å². The first-order chi connectivity index (χ1) is 15.4. The number of halogens is 1. The quantitative estimate of drug-likeness (QED) is 0.588. The zero-order valence-corrected chi connectivity index (χ0v) is 18.1. The first-order valence-electron chi connectivity index (χ1n) is 10.6. The van der Waals surface area contributed by atoms with Gasteiger partial charge in [0.25, 0.3) is 5.91 Å². The van der Waals surface area contributed by atoms with Gasteiger partial charge in [-0.1, -0.05) is 12.1 Å². The molecule has 0 spiro atoms. The van der Waals surface area contributed by atoms with Crippen molar-refractivity contribution in [3.8, 4) is 11.5 Å². The Labute approximate surface area is 186 Å². The van der Waals surface area contributed by atoms with Gasteiger partial charge in [-0.15, -0.1) is 0 Å². The van der Waals surface area contributed by atoms with Crippen LogP contribution >= 0.6 is 0 Å². The number of carbonyl (C=O) groups is 2. The van der Waals surface area contributed by atoms with E-state index in [9.17, 15) is 14.0 Å². The zero-order chi connectivity index (χ0) is 22.7. The summed E-state index contributed by atoms with van der Waals surface area (Å²) in [5.74, 6) is 1.23. The number of nitrogens with zero attached hydrogens (tertiary/aromatic N) is 1. The average molecular weight is 436 g/mol. The molecule has 1 aliphatic rings. The fourth-order valence-electron chi connectivity index (χ4n) is 3.86. The number of piperidine rings is 1. The molecule has 1 saturated heterocycles. The normalized spacial score (nSPS) is 14.3. The monoisotopic (exact) mass is 436 g/mol. The SMILES string of the molecule is Cc1cc(C(=O)N2CCC(C(=O)Nc3ccc(Oc4ccccc4F)cc3)CC2)c(C)o1. The predicted molar refractivity (Wildman–Crippen MR) is 118 cm³/mol. The van der Waals surface area contributed by atoms with Crippen molar-refractivity contribution in [2.75, 3.05) is 18.4 Å². The number of benzene rings is 2. The maximum atomic E-state index is 13.7. The topological polar surface area (TPSA) is 71.8 Å². The van der Waals surface area contributed by atoms with E-state index in [1.807, 2.05) is 6.92 Å². The first kappa shape index (κ1) is 21.6. The number of hydrogen-bond acceptors (Lipinski definition) is 4. The molecular formula is C25H25FN2O4. The molecule has 166 valence electrons. The molecule has 4 rings (SSSR count). The molecular weight excluding hydrogens is 411 g/mol. The van der Waals surface area contributed by atoms with Gasteiger partial charge in [-0.2, -0.15) is 0 Å². The van der Waals surface area contributed by atoms with Gasteiger partial charge in [-0.05, 0) is 69.2 Å². The van der Waals surface area contributed by atoms with E-state index in [1.165, 1.54) is 6.07 Å². The fraction of sp³-hybridized carbons (Fsp3) is 0.280. The number of anilines is 1. The van der Waals surface area contributed by atoms with Gasteiger partial charge in [0.1, 0.15) is 17.3 Å². The third kappa shape index (κ3) is 4.82. The van der Waals surface area contributed by atoms with Crippen LogP contribution in [0.2, 0.25) is 0 Å². The van der Waals surface area contributed by atoms with Crippen LogP contribution in [0, 0.1) is 25.6 Å². The third-order valence-corrected chi connectivity index (χ3v) is 5.61. The molecule has 0 bridgehead atoms. The number of aryl methyl sites for hydroxylation is 2. The Morgan fingerprint density at radius 2 is 1.75 bits per heavy atom. The van der Waals surface area contributed by atoms with Crippen LogP contribution in [0.1, 0.15) is 34.7 Å². The van der Waals surface area contributed by atoms with Gasteiger partial charge in [-0.25, -0.2) is 4.39 Å². The van der Waals surface area contributed by atoms with Crippen molar-refractivity contribution >= 4 is 17.5 Å². The predicted octanol–water partition coefficient (Wildman–Crippen LogP) is 5.32. The molecule has 1 fully saturated rings. The van der Waals surface area contributed by atoms with Crippen molar-refractivity contribution in [3.05, 3.63) is 77.5 Å². The summed E-state index contributed by atoms with van der Waals surface area (Å²) in [5, 5.41) is 2.92. The highest BCUT2D eigenvalue weighted by molar-refractivity contribution is 5.96. The number of rotatable bonds is 5. The van der Waals surface area contributed by atoms with E-state index < -0.39 is 5.82 Å². The number of likely N-dealkylation sites (tertiary alicyclic amines) is 1. The van der Waals surface area contributed by atoms with E-state index in [-0.39, 0.29) is 23.5 Å². The zero-order valence-electron chi connectivity index (χ0n) is 18.1. The molecule has 0 aliphatic carbocycles. The van der Waals surface area contributed by atoms with Crippen LogP contribution in [0.15, 0.2) is 59.0 Å². The van der Waals surface area contributed by atoms with Crippen molar-refractivity contribution in [1.29, 1.82) is 0 Å². The van der Waals surface area contributed by atoms with Gasteiger partial charge in [-0.3, -0.25) is 9.59 Å². The van der Waals surface area contributed by atoms with E-state index in [0.717, 1.165) is 0 Å². The van der Waals surface area contributed by atoms with Gasteiger partial charge in [0.2, 0.25) is 5.91 Å². The molecule has 7 heteroatoms. The van der Waals surface area contributed by atoms with E-state index in [0.29, 0.717) is 54.5 Å². The maximum Gasteiger partial charge on any atom is 0.257 e. The van der Waals surface area contributed by atoms with Gasteiger partial charge >= 0.3 is 0 Å². The van der Waals surface area contributed by atoms with E-state index >= 15 is 0 Å². The number of furan rings is 1. The highest BCUT2D eigenvalue weighted by Crippen LogP contribution is 2.26. The molecule has 2 amide bonds. The van der Waals surface area contributed by atoms with Crippen LogP contribution < -0.4 is 10.1 Å². The van der Waals surface area contributed by atoms with Crippen LogP contribution in [-0.4, -0.2) is 29.8 Å². The molecule has 0 saturated carbocycles. The number of ether oxygens (including phenoxy) is 1. The Hall–Kier alpha value is -3.61. The minimum absolute atomic E-state index is 0.0522. The van der Waals surface area contributed by atoms with Crippen molar-refractivity contribution in [3.63, 3.8) is 0 Å². The number of amides is 2. The first-order valence-corrected chi connectivity index (χ1v) is 10.6. The summed E-state index contributed by atoms with van der Waals surface area (Å²) >= 11 is 0. The third-order valence-electron chi connectivity index (χ3n) is 5.61. The van der Waals surface area contributed by atoms with Crippen LogP contribution in [0.3, 0.4) is 0 Å². The fourth-order valence-corrected chi connectivity index (χ4v) is 3.86. The minimum Gasteiger partial charge on any atom is -0.466 e. The second-order valence-electron chi connectivity index (χ2n) is 7.94. The summed E-state index contributed by atoms with van der Waals surface area (Å²) in [6.45, 7) is 4.65. The molecule has 6 nitrogen and oxygen atoms in total. The summed E-state index contributed by atoms with van der Waals surface area (Å²) in [6.07, 6.45) is 1.20. The van der Waals surface area contributed by atoms with Crippen LogP contribution in [0.4, 0.5) is 10.1 Å². The van der Waals surface area contributed by atoms with Crippen molar-refractivity contribution in [2.24, 2.45) is 5.92 Å². The average Bonchev–Trinajstić information content (AvgIpc) is 3.14. The van der Waals surface area contributed by atoms with Gasteiger partial charge < -0.3 is 19.4 Å². The van der Waals surface area contributed by atoms with Crippen molar-refractivity contribution in [2.45, 2.75) is 26.7 Å². The summed E-state index contributed by atoms with van der Waals surface area (Å²) < 4.78 is 24.7. The van der Waals surface area contributed by atoms with Gasteiger partial charge in [0, 0.05) is 24.7 Å². The summed E-state index contributed by atoms with van der Waals surface area (Å²) in [5.41, 5.74) is 1.22. The second-order valence-corrected chi connectivity index (χ2v) is 7.94. The summed E-state index contributed by atoms with van der Waals surface area (Å²) in [6, 6.07) is 14.7. The minimum atomic E-state index is -0.437. The van der Waals surface area contributed by atoms with Crippen LogP contribution in [0.5, 0.6) is 11.5 Å². The Balaban J connectivity index is 1.30. The number of para-hydroxylation sites is 1. The van der Waals surface area contributed by atoms with E-state index in [1.54, 1.807) is 60.4 Å². The lowest BCUT2D eigenvalue weighted by molar-refractivity contribution is -0.121. The second kappa shape index (κ2) is 9.26. The Bertz CT molecular complexity index is 1120. The highest BCUT2D eigenvalue weighted by Gasteiger charge is 2.29. The lowest BCUT2D eigenvalue weighted by atomic mass is 9.95. The van der Waals surface area contributed by atoms with Crippen molar-refractivity contribution in [1.82, 2.24) is 4.90 Å². The van der Waals surface area contributed by atoms with Gasteiger partial charge in [0.05, 0.1) is 5.56 Å². The molecule has 1 aromatic heterocycles.